The summed E-state index contributed by atoms with van der Waals surface area (Å²) < 4.78 is 10.7. The fraction of sp³-hybridized carbons (Fsp3) is 0.506. The molecule has 0 spiro atoms. The zero-order valence-electron chi connectivity index (χ0n) is 57.0. The summed E-state index contributed by atoms with van der Waals surface area (Å²) >= 11 is 0. The fourth-order valence-electron chi connectivity index (χ4n) is 8.91. The van der Waals surface area contributed by atoms with E-state index in [9.17, 15) is 14.7 Å². The smallest absolute Gasteiger partial charge is 0.306 e. The van der Waals surface area contributed by atoms with E-state index >= 15 is 0 Å². The molecule has 1 atom stereocenters. The normalized spacial score (nSPS) is 13.8. The van der Waals surface area contributed by atoms with Gasteiger partial charge < -0.3 is 14.6 Å². The standard InChI is InChI=1S/C85H128O5/c1-3-5-7-9-11-13-15-17-19-21-23-25-27-29-31-33-35-37-39-40-41-42-43-44-46-48-50-52-54-56-58-60-62-64-66-68-70-72-74-76-78-80-85(88)90-83(81-86)82-89-84(87)79-77-75-73-71-69-67-65-63-61-59-57-55-53-51-49-47-45-38-36-34-32-30-28-26-24-22-20-18-16-14-12-10-8-6-4-2/h5-8,11-14,17-20,23-26,29-32,35-38,40-41,43-44,47-50,53-56,59,61,65,67,83,86H,3-4,9-10,15-16,21-22,27-28,33-34,39,42,45-46,51-52,57-58,60,62-64,66,68-82H2,1-2H3/b7-5-,8-6-,13-11-,14-12-,19-17-,20-18-,25-23-,26-24-,31-29-,32-30-,37-35-,38-36-,41-40-,44-43-,49-47-,50-48-,55-53-,56-54-,61-59-,67-65-. The summed E-state index contributed by atoms with van der Waals surface area (Å²) in [4.78, 5) is 24.7. The Morgan fingerprint density at radius 3 is 0.667 bits per heavy atom. The molecule has 0 bridgehead atoms. The molecule has 0 saturated heterocycles. The van der Waals surface area contributed by atoms with Gasteiger partial charge in [-0.3, -0.25) is 9.59 Å². The Kier molecular flexibility index (Phi) is 71.6. The molecular formula is C85H128O5. The molecule has 1 N–H and O–H groups in total. The number of carbonyl (C=O) groups excluding carboxylic acids is 2. The van der Waals surface area contributed by atoms with Gasteiger partial charge in [0.05, 0.1) is 6.61 Å². The first-order valence-corrected chi connectivity index (χ1v) is 35.6. The highest BCUT2D eigenvalue weighted by atomic mass is 16.6. The minimum absolute atomic E-state index is 0.0968. The molecule has 0 fully saturated rings. The third-order valence-corrected chi connectivity index (χ3v) is 14.1. The minimum atomic E-state index is -0.806. The molecule has 0 rings (SSSR count). The number of unbranched alkanes of at least 4 members (excludes halogenated alkanes) is 14. The van der Waals surface area contributed by atoms with Crippen LogP contribution in [0.15, 0.2) is 243 Å². The molecule has 0 aliphatic rings. The van der Waals surface area contributed by atoms with Crippen molar-refractivity contribution in [2.24, 2.45) is 0 Å². The van der Waals surface area contributed by atoms with E-state index in [1.165, 1.54) is 44.9 Å². The molecule has 5 heteroatoms. The van der Waals surface area contributed by atoms with Crippen LogP contribution in [0, 0.1) is 0 Å². The van der Waals surface area contributed by atoms with E-state index in [-0.39, 0.29) is 25.2 Å². The molecule has 498 valence electrons. The van der Waals surface area contributed by atoms with Crippen molar-refractivity contribution in [3.8, 4) is 0 Å². The predicted octanol–water partition coefficient (Wildman–Crippen LogP) is 25.4. The highest BCUT2D eigenvalue weighted by molar-refractivity contribution is 5.70. The number of ether oxygens (including phenoxy) is 2. The van der Waals surface area contributed by atoms with Gasteiger partial charge in [-0.1, -0.05) is 321 Å². The van der Waals surface area contributed by atoms with Gasteiger partial charge in [0.2, 0.25) is 0 Å². The topological polar surface area (TPSA) is 72.8 Å². The molecule has 90 heavy (non-hydrogen) atoms. The number of esters is 2. The minimum Gasteiger partial charge on any atom is -0.462 e. The van der Waals surface area contributed by atoms with E-state index in [1.54, 1.807) is 0 Å². The Morgan fingerprint density at radius 1 is 0.256 bits per heavy atom. The van der Waals surface area contributed by atoms with Crippen LogP contribution in [0.4, 0.5) is 0 Å². The molecule has 0 radical (unpaired) electrons. The van der Waals surface area contributed by atoms with Gasteiger partial charge in [0.25, 0.3) is 0 Å². The molecule has 0 saturated carbocycles. The van der Waals surface area contributed by atoms with Crippen LogP contribution >= 0.6 is 0 Å². The van der Waals surface area contributed by atoms with Crippen molar-refractivity contribution in [1.82, 2.24) is 0 Å². The number of allylic oxidation sites excluding steroid dienone is 40. The molecule has 0 aliphatic heterocycles. The second-order valence-corrected chi connectivity index (χ2v) is 22.5. The maximum atomic E-state index is 12.4. The molecule has 0 aromatic rings. The van der Waals surface area contributed by atoms with Gasteiger partial charge in [-0.25, -0.2) is 0 Å². The average Bonchev–Trinajstić information content (AvgIpc) is 3.60. The maximum Gasteiger partial charge on any atom is 0.306 e. The first kappa shape index (κ1) is 83.7. The zero-order valence-corrected chi connectivity index (χ0v) is 57.0. The molecule has 0 amide bonds. The fourth-order valence-corrected chi connectivity index (χ4v) is 8.91. The summed E-state index contributed by atoms with van der Waals surface area (Å²) in [5.41, 5.74) is 0. The van der Waals surface area contributed by atoms with Crippen molar-refractivity contribution in [2.75, 3.05) is 13.2 Å². The lowest BCUT2D eigenvalue weighted by Crippen LogP contribution is -2.28. The molecule has 0 heterocycles. The van der Waals surface area contributed by atoms with Crippen LogP contribution in [0.1, 0.15) is 258 Å². The number of hydrogen-bond acceptors (Lipinski definition) is 5. The lowest BCUT2D eigenvalue weighted by molar-refractivity contribution is -0.161. The predicted molar refractivity (Wildman–Crippen MR) is 398 cm³/mol. The van der Waals surface area contributed by atoms with Crippen molar-refractivity contribution >= 4 is 11.9 Å². The summed E-state index contributed by atoms with van der Waals surface area (Å²) in [6, 6.07) is 0. The monoisotopic (exact) mass is 1230 g/mol. The first-order chi connectivity index (χ1) is 44.6. The quantitative estimate of drug-likeness (QED) is 0.0373. The highest BCUT2D eigenvalue weighted by Gasteiger charge is 2.16. The van der Waals surface area contributed by atoms with Gasteiger partial charge in [0.1, 0.15) is 6.61 Å². The Hall–Kier alpha value is -6.30. The Labute approximate surface area is 553 Å². The van der Waals surface area contributed by atoms with Crippen LogP contribution in [0.25, 0.3) is 0 Å². The van der Waals surface area contributed by atoms with Crippen LogP contribution in [-0.4, -0.2) is 36.4 Å². The Balaban J connectivity index is 3.66. The number of aliphatic hydroxyl groups is 1. The van der Waals surface area contributed by atoms with Crippen LogP contribution in [-0.2, 0) is 19.1 Å². The van der Waals surface area contributed by atoms with Gasteiger partial charge in [-0.15, -0.1) is 0 Å². The second-order valence-electron chi connectivity index (χ2n) is 22.5. The van der Waals surface area contributed by atoms with Crippen molar-refractivity contribution in [3.05, 3.63) is 243 Å². The van der Waals surface area contributed by atoms with E-state index < -0.39 is 6.10 Å². The Bertz CT molecular complexity index is 2230. The SMILES string of the molecule is CC/C=C\C/C=C\C/C=C\C/C=C\C/C=C\C/C=C\C/C=C\C/C=C\C/C=C\C/C=C\CCCCCCCCCCCCC(=O)OC(CO)COC(=O)CCCCCC/C=C\C/C=C\C/C=C\C/C=C\C/C=C\C/C=C\C/C=C\C/C=C\C/C=C\C/C=C\CC. The van der Waals surface area contributed by atoms with E-state index in [0.717, 1.165) is 186 Å². The number of carbonyl (C=O) groups is 2. The van der Waals surface area contributed by atoms with E-state index in [1.807, 2.05) is 0 Å². The van der Waals surface area contributed by atoms with Crippen LogP contribution in [0.3, 0.4) is 0 Å². The lowest BCUT2D eigenvalue weighted by Gasteiger charge is -2.15. The number of rotatable bonds is 62. The third-order valence-electron chi connectivity index (χ3n) is 14.1. The van der Waals surface area contributed by atoms with Crippen molar-refractivity contribution in [2.45, 2.75) is 264 Å². The summed E-state index contributed by atoms with van der Waals surface area (Å²) in [6.07, 6.45) is 127. The van der Waals surface area contributed by atoms with E-state index in [2.05, 4.69) is 257 Å². The summed E-state index contributed by atoms with van der Waals surface area (Å²) in [7, 11) is 0. The van der Waals surface area contributed by atoms with Crippen molar-refractivity contribution in [3.63, 3.8) is 0 Å². The number of hydrogen-bond donors (Lipinski definition) is 1. The molecule has 0 aromatic carbocycles. The van der Waals surface area contributed by atoms with E-state index in [0.29, 0.717) is 12.8 Å². The van der Waals surface area contributed by atoms with Gasteiger partial charge in [0.15, 0.2) is 6.10 Å². The molecule has 1 unspecified atom stereocenters. The average molecular weight is 1230 g/mol. The summed E-state index contributed by atoms with van der Waals surface area (Å²) in [6.45, 7) is 3.87. The second kappa shape index (κ2) is 76.9. The van der Waals surface area contributed by atoms with E-state index in [4.69, 9.17) is 9.47 Å². The number of aliphatic hydroxyl groups excluding tert-OH is 1. The van der Waals surface area contributed by atoms with Crippen LogP contribution < -0.4 is 0 Å². The van der Waals surface area contributed by atoms with Crippen LogP contribution in [0.2, 0.25) is 0 Å². The zero-order chi connectivity index (χ0) is 64.7. The van der Waals surface area contributed by atoms with Gasteiger partial charge >= 0.3 is 11.9 Å². The van der Waals surface area contributed by atoms with Crippen LogP contribution in [0.5, 0.6) is 0 Å². The maximum absolute atomic E-state index is 12.4. The van der Waals surface area contributed by atoms with Crippen molar-refractivity contribution < 1.29 is 24.2 Å². The summed E-state index contributed by atoms with van der Waals surface area (Å²) in [5.74, 6) is -0.642. The lowest BCUT2D eigenvalue weighted by atomic mass is 10.0. The van der Waals surface area contributed by atoms with Gasteiger partial charge in [-0.2, -0.15) is 0 Å². The Morgan fingerprint density at radius 2 is 0.444 bits per heavy atom. The third kappa shape index (κ3) is 74.2. The summed E-state index contributed by atoms with van der Waals surface area (Å²) in [5, 5.41) is 9.70. The molecule has 0 aliphatic carbocycles. The highest BCUT2D eigenvalue weighted by Crippen LogP contribution is 2.14. The largest absolute Gasteiger partial charge is 0.462 e. The van der Waals surface area contributed by atoms with Gasteiger partial charge in [0, 0.05) is 12.8 Å². The first-order valence-electron chi connectivity index (χ1n) is 35.6. The molecular weight excluding hydrogens is 1100 g/mol. The molecule has 5 nitrogen and oxygen atoms in total. The molecule has 0 aromatic heterocycles. The van der Waals surface area contributed by atoms with Crippen molar-refractivity contribution in [1.29, 1.82) is 0 Å². The van der Waals surface area contributed by atoms with Gasteiger partial charge in [-0.05, 0) is 167 Å².